The van der Waals surface area contributed by atoms with Crippen LogP contribution in [-0.4, -0.2) is 17.1 Å². The number of nitrogens with two attached hydrogens (primary N) is 1. The topological polar surface area (TPSA) is 63.3 Å². The molecule has 0 saturated carbocycles. The highest BCUT2D eigenvalue weighted by molar-refractivity contribution is 5.69. The van der Waals surface area contributed by atoms with Gasteiger partial charge >= 0.3 is 5.97 Å². The second-order valence-electron chi connectivity index (χ2n) is 4.59. The first-order valence-electron chi connectivity index (χ1n) is 6.27. The van der Waals surface area contributed by atoms with Crippen LogP contribution in [0.25, 0.3) is 11.1 Å². The van der Waals surface area contributed by atoms with Gasteiger partial charge in [0.25, 0.3) is 0 Å². The molecule has 0 aliphatic rings. The Labute approximate surface area is 112 Å². The molecular weight excluding hydrogens is 238 g/mol. The maximum absolute atomic E-state index is 10.7. The van der Waals surface area contributed by atoms with Gasteiger partial charge in [-0.3, -0.25) is 4.79 Å². The fraction of sp³-hybridized carbons (Fsp3) is 0.188. The lowest BCUT2D eigenvalue weighted by molar-refractivity contribution is -0.137. The number of carbonyl (C=O) groups is 1. The van der Waals surface area contributed by atoms with Gasteiger partial charge in [-0.05, 0) is 23.1 Å². The monoisotopic (exact) mass is 255 g/mol. The maximum atomic E-state index is 10.7. The number of aliphatic carboxylic acids is 1. The Morgan fingerprint density at radius 2 is 1.68 bits per heavy atom. The molecule has 0 fully saturated rings. The van der Waals surface area contributed by atoms with Gasteiger partial charge in [0.1, 0.15) is 0 Å². The van der Waals surface area contributed by atoms with Crippen molar-refractivity contribution in [2.45, 2.75) is 18.9 Å². The Morgan fingerprint density at radius 3 is 2.37 bits per heavy atom. The van der Waals surface area contributed by atoms with E-state index in [2.05, 4.69) is 0 Å². The lowest BCUT2D eigenvalue weighted by atomic mass is 9.94. The minimum absolute atomic E-state index is 0.0108. The molecule has 0 radical (unpaired) electrons. The number of carboxylic acid groups (broad SMARTS) is 1. The van der Waals surface area contributed by atoms with Crippen molar-refractivity contribution in [3.05, 3.63) is 60.2 Å². The molecule has 0 unspecified atom stereocenters. The van der Waals surface area contributed by atoms with Gasteiger partial charge in [0.2, 0.25) is 0 Å². The zero-order valence-corrected chi connectivity index (χ0v) is 10.6. The van der Waals surface area contributed by atoms with E-state index in [0.29, 0.717) is 6.42 Å². The molecule has 0 aliphatic carbocycles. The Balaban J connectivity index is 2.24. The van der Waals surface area contributed by atoms with Crippen molar-refractivity contribution in [3.8, 4) is 11.1 Å². The van der Waals surface area contributed by atoms with E-state index in [1.807, 2.05) is 54.6 Å². The molecule has 19 heavy (non-hydrogen) atoms. The van der Waals surface area contributed by atoms with Crippen molar-refractivity contribution in [3.63, 3.8) is 0 Å². The number of carboxylic acids is 1. The Kier molecular flexibility index (Phi) is 4.31. The summed E-state index contributed by atoms with van der Waals surface area (Å²) >= 11 is 0. The first-order valence-corrected chi connectivity index (χ1v) is 6.27. The van der Waals surface area contributed by atoms with Crippen LogP contribution < -0.4 is 5.73 Å². The molecule has 0 aliphatic heterocycles. The number of rotatable bonds is 5. The number of hydrogen-bond donors (Lipinski definition) is 2. The molecule has 0 aromatic heterocycles. The highest BCUT2D eigenvalue weighted by Crippen LogP contribution is 2.24. The van der Waals surface area contributed by atoms with E-state index in [4.69, 9.17) is 10.8 Å². The van der Waals surface area contributed by atoms with Crippen LogP contribution in [0.2, 0.25) is 0 Å². The zero-order valence-electron chi connectivity index (χ0n) is 10.6. The zero-order chi connectivity index (χ0) is 13.7. The SMILES string of the molecule is N[C@H](CC(=O)O)Cc1ccccc1-c1ccccc1. The predicted molar refractivity (Wildman–Crippen MR) is 75.8 cm³/mol. The van der Waals surface area contributed by atoms with E-state index < -0.39 is 5.97 Å². The molecule has 0 heterocycles. The van der Waals surface area contributed by atoms with Crippen LogP contribution in [0.5, 0.6) is 0 Å². The van der Waals surface area contributed by atoms with Gasteiger partial charge in [0.05, 0.1) is 6.42 Å². The van der Waals surface area contributed by atoms with E-state index in [1.165, 1.54) is 0 Å². The molecule has 0 saturated heterocycles. The summed E-state index contributed by atoms with van der Waals surface area (Å²) in [5.41, 5.74) is 9.20. The molecule has 1 atom stereocenters. The van der Waals surface area contributed by atoms with E-state index in [-0.39, 0.29) is 12.5 Å². The van der Waals surface area contributed by atoms with E-state index in [1.54, 1.807) is 0 Å². The summed E-state index contributed by atoms with van der Waals surface area (Å²) < 4.78 is 0. The van der Waals surface area contributed by atoms with Gasteiger partial charge in [-0.15, -0.1) is 0 Å². The average Bonchev–Trinajstić information content (AvgIpc) is 2.39. The van der Waals surface area contributed by atoms with Crippen molar-refractivity contribution in [2.75, 3.05) is 0 Å². The summed E-state index contributed by atoms with van der Waals surface area (Å²) in [6.07, 6.45) is 0.556. The second kappa shape index (κ2) is 6.16. The summed E-state index contributed by atoms with van der Waals surface area (Å²) in [7, 11) is 0. The second-order valence-corrected chi connectivity index (χ2v) is 4.59. The molecule has 3 heteroatoms. The molecular formula is C16H17NO2. The molecule has 2 aromatic rings. The number of hydrogen-bond acceptors (Lipinski definition) is 2. The highest BCUT2D eigenvalue weighted by atomic mass is 16.4. The fourth-order valence-electron chi connectivity index (χ4n) is 2.18. The van der Waals surface area contributed by atoms with E-state index in [0.717, 1.165) is 16.7 Å². The standard InChI is InChI=1S/C16H17NO2/c17-14(11-16(18)19)10-13-8-4-5-9-15(13)12-6-2-1-3-7-12/h1-9,14H,10-11,17H2,(H,18,19)/t14-/m0/s1. The summed E-state index contributed by atoms with van der Waals surface area (Å²) in [5.74, 6) is -0.857. The Bertz CT molecular complexity index is 552. The normalized spacial score (nSPS) is 12.1. The van der Waals surface area contributed by atoms with Crippen LogP contribution in [0, 0.1) is 0 Å². The highest BCUT2D eigenvalue weighted by Gasteiger charge is 2.12. The molecule has 0 amide bonds. The number of benzene rings is 2. The van der Waals surface area contributed by atoms with Gasteiger partial charge in [0, 0.05) is 6.04 Å². The Morgan fingerprint density at radius 1 is 1.05 bits per heavy atom. The first kappa shape index (κ1) is 13.3. The van der Waals surface area contributed by atoms with Gasteiger partial charge < -0.3 is 10.8 Å². The minimum Gasteiger partial charge on any atom is -0.481 e. The van der Waals surface area contributed by atoms with Crippen molar-refractivity contribution >= 4 is 5.97 Å². The molecule has 3 nitrogen and oxygen atoms in total. The van der Waals surface area contributed by atoms with Gasteiger partial charge in [-0.25, -0.2) is 0 Å². The summed E-state index contributed by atoms with van der Waals surface area (Å²) in [6.45, 7) is 0. The lowest BCUT2D eigenvalue weighted by Gasteiger charge is -2.13. The van der Waals surface area contributed by atoms with Gasteiger partial charge in [0.15, 0.2) is 0 Å². The lowest BCUT2D eigenvalue weighted by Crippen LogP contribution is -2.26. The molecule has 3 N–H and O–H groups in total. The molecule has 0 spiro atoms. The third-order valence-electron chi connectivity index (χ3n) is 3.02. The largest absolute Gasteiger partial charge is 0.481 e. The molecule has 2 aromatic carbocycles. The fourth-order valence-corrected chi connectivity index (χ4v) is 2.18. The van der Waals surface area contributed by atoms with Crippen LogP contribution in [0.15, 0.2) is 54.6 Å². The van der Waals surface area contributed by atoms with Crippen molar-refractivity contribution < 1.29 is 9.90 Å². The van der Waals surface area contributed by atoms with Crippen molar-refractivity contribution in [2.24, 2.45) is 5.73 Å². The smallest absolute Gasteiger partial charge is 0.304 e. The Hall–Kier alpha value is -2.13. The van der Waals surface area contributed by atoms with Crippen LogP contribution in [0.1, 0.15) is 12.0 Å². The average molecular weight is 255 g/mol. The van der Waals surface area contributed by atoms with Crippen LogP contribution in [0.3, 0.4) is 0 Å². The van der Waals surface area contributed by atoms with Crippen molar-refractivity contribution in [1.29, 1.82) is 0 Å². The van der Waals surface area contributed by atoms with Crippen LogP contribution >= 0.6 is 0 Å². The molecule has 98 valence electrons. The molecule has 0 bridgehead atoms. The first-order chi connectivity index (χ1) is 9.16. The minimum atomic E-state index is -0.857. The van der Waals surface area contributed by atoms with Gasteiger partial charge in [-0.1, -0.05) is 54.6 Å². The third kappa shape index (κ3) is 3.66. The molecule has 2 rings (SSSR count). The van der Waals surface area contributed by atoms with Crippen LogP contribution in [0.4, 0.5) is 0 Å². The van der Waals surface area contributed by atoms with Crippen molar-refractivity contribution in [1.82, 2.24) is 0 Å². The maximum Gasteiger partial charge on any atom is 0.304 e. The van der Waals surface area contributed by atoms with E-state index >= 15 is 0 Å². The van der Waals surface area contributed by atoms with Gasteiger partial charge in [-0.2, -0.15) is 0 Å². The third-order valence-corrected chi connectivity index (χ3v) is 3.02. The predicted octanol–water partition coefficient (Wildman–Crippen LogP) is 2.70. The summed E-state index contributed by atoms with van der Waals surface area (Å²) in [6, 6.07) is 17.7. The summed E-state index contributed by atoms with van der Waals surface area (Å²) in [5, 5.41) is 8.77. The quantitative estimate of drug-likeness (QED) is 0.863. The van der Waals surface area contributed by atoms with E-state index in [9.17, 15) is 4.79 Å². The summed E-state index contributed by atoms with van der Waals surface area (Å²) in [4.78, 5) is 10.7. The van der Waals surface area contributed by atoms with Crippen LogP contribution in [-0.2, 0) is 11.2 Å².